The van der Waals surface area contributed by atoms with Crippen molar-refractivity contribution >= 4 is 17.3 Å². The molecule has 1 N–H and O–H groups in total. The molecule has 2 aromatic carbocycles. The molecular weight excluding hydrogens is 450 g/mol. The van der Waals surface area contributed by atoms with E-state index in [0.717, 1.165) is 23.7 Å². The van der Waals surface area contributed by atoms with Gasteiger partial charge >= 0.3 is 6.61 Å². The number of ether oxygens (including phenoxy) is 2. The van der Waals surface area contributed by atoms with Gasteiger partial charge in [0.2, 0.25) is 5.91 Å². The predicted molar refractivity (Wildman–Crippen MR) is 122 cm³/mol. The fourth-order valence-corrected chi connectivity index (χ4v) is 3.93. The number of halogens is 2. The normalized spacial score (nSPS) is 14.7. The van der Waals surface area contributed by atoms with Crippen LogP contribution in [0.5, 0.6) is 11.5 Å². The number of amides is 1. The zero-order valence-corrected chi connectivity index (χ0v) is 19.1. The van der Waals surface area contributed by atoms with Crippen molar-refractivity contribution in [2.24, 2.45) is 0 Å². The lowest BCUT2D eigenvalue weighted by Crippen LogP contribution is -2.48. The number of carbonyl (C=O) groups excluding carboxylic acids is 1. The van der Waals surface area contributed by atoms with Crippen LogP contribution in [0.3, 0.4) is 0 Å². The molecule has 0 aromatic heterocycles. The van der Waals surface area contributed by atoms with Crippen LogP contribution in [0.15, 0.2) is 36.4 Å². The van der Waals surface area contributed by atoms with Crippen molar-refractivity contribution in [3.63, 3.8) is 0 Å². The Kier molecular flexibility index (Phi) is 8.72. The van der Waals surface area contributed by atoms with Crippen LogP contribution in [0.1, 0.15) is 18.1 Å². The molecule has 1 fully saturated rings. The number of rotatable bonds is 10. The highest BCUT2D eigenvalue weighted by atomic mass is 19.3. The first-order valence-electron chi connectivity index (χ1n) is 10.9. The van der Waals surface area contributed by atoms with Crippen molar-refractivity contribution in [2.45, 2.75) is 26.5 Å². The first-order chi connectivity index (χ1) is 16.3. The molecule has 34 heavy (non-hydrogen) atoms. The molecule has 1 aliphatic rings. The van der Waals surface area contributed by atoms with Crippen LogP contribution in [-0.4, -0.2) is 67.1 Å². The molecule has 1 amide bonds. The van der Waals surface area contributed by atoms with E-state index in [2.05, 4.69) is 10.1 Å². The van der Waals surface area contributed by atoms with Gasteiger partial charge in [0.25, 0.3) is 5.69 Å². The summed E-state index contributed by atoms with van der Waals surface area (Å²) in [5.74, 6) is -0.471. The lowest BCUT2D eigenvalue weighted by molar-refractivity contribution is -0.385. The summed E-state index contributed by atoms with van der Waals surface area (Å²) in [6.45, 7) is 1.80. The summed E-state index contributed by atoms with van der Waals surface area (Å²) in [5, 5.41) is 14.5. The van der Waals surface area contributed by atoms with Gasteiger partial charge in [-0.25, -0.2) is 0 Å². The monoisotopic (exact) mass is 478 g/mol. The number of piperazine rings is 1. The van der Waals surface area contributed by atoms with Gasteiger partial charge in [-0.1, -0.05) is 25.1 Å². The molecular formula is C23H28F2N4O5. The molecule has 0 spiro atoms. The topological polar surface area (TPSA) is 97.2 Å². The molecule has 0 aliphatic carbocycles. The number of methoxy groups -OCH3 is 1. The average molecular weight is 478 g/mol. The summed E-state index contributed by atoms with van der Waals surface area (Å²) in [5.41, 5.74) is 1.91. The van der Waals surface area contributed by atoms with E-state index >= 15 is 0 Å². The van der Waals surface area contributed by atoms with Crippen LogP contribution in [-0.2, 0) is 17.8 Å². The number of anilines is 1. The minimum absolute atomic E-state index is 0.00330. The Morgan fingerprint density at radius 1 is 1.12 bits per heavy atom. The highest BCUT2D eigenvalue weighted by Crippen LogP contribution is 2.36. The molecule has 0 bridgehead atoms. The smallest absolute Gasteiger partial charge is 0.387 e. The minimum atomic E-state index is -3.12. The first-order valence-corrected chi connectivity index (χ1v) is 10.9. The molecule has 0 saturated carbocycles. The Labute approximate surface area is 196 Å². The van der Waals surface area contributed by atoms with Crippen LogP contribution < -0.4 is 14.8 Å². The minimum Gasteiger partial charge on any atom is -0.493 e. The van der Waals surface area contributed by atoms with Gasteiger partial charge in [-0.2, -0.15) is 8.78 Å². The molecule has 1 heterocycles. The van der Waals surface area contributed by atoms with Gasteiger partial charge in [0, 0.05) is 44.0 Å². The van der Waals surface area contributed by atoms with Crippen LogP contribution in [0.4, 0.5) is 20.2 Å². The maximum Gasteiger partial charge on any atom is 0.387 e. The number of aryl methyl sites for hydroxylation is 1. The van der Waals surface area contributed by atoms with Crippen molar-refractivity contribution in [3.8, 4) is 11.5 Å². The summed E-state index contributed by atoms with van der Waals surface area (Å²) in [6.07, 6.45) is 0.821. The van der Waals surface area contributed by atoms with E-state index < -0.39 is 11.5 Å². The van der Waals surface area contributed by atoms with Gasteiger partial charge in [0.15, 0.2) is 11.5 Å². The maximum absolute atomic E-state index is 12.6. The van der Waals surface area contributed by atoms with Crippen molar-refractivity contribution in [1.29, 1.82) is 0 Å². The van der Waals surface area contributed by atoms with E-state index in [9.17, 15) is 23.7 Å². The second kappa shape index (κ2) is 11.7. The lowest BCUT2D eigenvalue weighted by atomic mass is 10.1. The summed E-state index contributed by atoms with van der Waals surface area (Å²) < 4.78 is 34.7. The number of carbonyl (C=O) groups is 1. The predicted octanol–water partition coefficient (Wildman–Crippen LogP) is 3.52. The lowest BCUT2D eigenvalue weighted by Gasteiger charge is -2.34. The number of benzene rings is 2. The number of hydrogen-bond acceptors (Lipinski definition) is 7. The zero-order valence-electron chi connectivity index (χ0n) is 19.1. The molecule has 1 saturated heterocycles. The van der Waals surface area contributed by atoms with Crippen molar-refractivity contribution in [1.82, 2.24) is 9.80 Å². The van der Waals surface area contributed by atoms with E-state index in [1.54, 1.807) is 0 Å². The van der Waals surface area contributed by atoms with Crippen LogP contribution in [0.25, 0.3) is 0 Å². The largest absolute Gasteiger partial charge is 0.493 e. The number of nitro groups is 1. The van der Waals surface area contributed by atoms with E-state index in [1.807, 2.05) is 41.0 Å². The van der Waals surface area contributed by atoms with Crippen molar-refractivity contribution in [2.75, 3.05) is 45.2 Å². The Morgan fingerprint density at radius 2 is 1.79 bits per heavy atom. The number of alkyl halides is 2. The van der Waals surface area contributed by atoms with Gasteiger partial charge in [-0.05, 0) is 24.1 Å². The second-order valence-electron chi connectivity index (χ2n) is 7.88. The third-order valence-corrected chi connectivity index (χ3v) is 5.68. The molecule has 3 rings (SSSR count). The van der Waals surface area contributed by atoms with E-state index in [4.69, 9.17) is 4.74 Å². The molecule has 1 aliphatic heterocycles. The standard InChI is InChI=1S/C23H28F2N4O5/c1-3-16-6-4-5-7-18(16)26-22(30)15-28-10-8-27(9-11-28)14-17-12-20(33-2)21(34-23(24)25)13-19(17)29(31)32/h4-7,12-13,23H,3,8-11,14-15H2,1-2H3,(H,26,30). The highest BCUT2D eigenvalue weighted by Gasteiger charge is 2.25. The van der Waals surface area contributed by atoms with Crippen LogP contribution >= 0.6 is 0 Å². The number of para-hydroxylation sites is 1. The maximum atomic E-state index is 12.6. The molecule has 2 aromatic rings. The SMILES string of the molecule is CCc1ccccc1NC(=O)CN1CCN(Cc2cc(OC)c(OC(F)F)cc2[N+](=O)[O-])CC1. The number of nitrogens with one attached hydrogen (secondary N) is 1. The van der Waals surface area contributed by atoms with Gasteiger partial charge in [0.05, 0.1) is 24.6 Å². The van der Waals surface area contributed by atoms with Crippen molar-refractivity contribution in [3.05, 3.63) is 57.6 Å². The summed E-state index contributed by atoms with van der Waals surface area (Å²) in [4.78, 5) is 27.4. The third kappa shape index (κ3) is 6.61. The highest BCUT2D eigenvalue weighted by molar-refractivity contribution is 5.93. The number of nitro benzene ring substituents is 1. The van der Waals surface area contributed by atoms with Gasteiger partial charge in [0.1, 0.15) is 0 Å². The van der Waals surface area contributed by atoms with Crippen LogP contribution in [0, 0.1) is 10.1 Å². The van der Waals surface area contributed by atoms with Crippen molar-refractivity contribution < 1.29 is 28.0 Å². The molecule has 0 atom stereocenters. The molecule has 11 heteroatoms. The first kappa shape index (κ1) is 25.3. The van der Waals surface area contributed by atoms with E-state index in [-0.39, 0.29) is 36.2 Å². The number of hydrogen-bond donors (Lipinski definition) is 1. The summed E-state index contributed by atoms with van der Waals surface area (Å²) in [7, 11) is 1.28. The zero-order chi connectivity index (χ0) is 24.7. The summed E-state index contributed by atoms with van der Waals surface area (Å²) in [6, 6.07) is 10.0. The quantitative estimate of drug-likeness (QED) is 0.412. The molecule has 0 unspecified atom stereocenters. The van der Waals surface area contributed by atoms with Crippen LogP contribution in [0.2, 0.25) is 0 Å². The van der Waals surface area contributed by atoms with Gasteiger partial charge < -0.3 is 14.8 Å². The average Bonchev–Trinajstić information content (AvgIpc) is 2.80. The van der Waals surface area contributed by atoms with E-state index in [0.29, 0.717) is 31.7 Å². The Bertz CT molecular complexity index is 1010. The molecule has 0 radical (unpaired) electrons. The Balaban J connectivity index is 1.59. The third-order valence-electron chi connectivity index (χ3n) is 5.68. The fourth-order valence-electron chi connectivity index (χ4n) is 3.93. The Hall–Kier alpha value is -3.31. The second-order valence-corrected chi connectivity index (χ2v) is 7.88. The summed E-state index contributed by atoms with van der Waals surface area (Å²) >= 11 is 0. The molecule has 9 nitrogen and oxygen atoms in total. The van der Waals surface area contributed by atoms with Gasteiger partial charge in [-0.3, -0.25) is 24.7 Å². The van der Waals surface area contributed by atoms with Gasteiger partial charge in [-0.15, -0.1) is 0 Å². The Morgan fingerprint density at radius 3 is 2.41 bits per heavy atom. The fraction of sp³-hybridized carbons (Fsp3) is 0.435. The van der Waals surface area contributed by atoms with E-state index in [1.165, 1.54) is 13.2 Å². The number of nitrogens with zero attached hydrogens (tertiary/aromatic N) is 3. The molecule has 184 valence electrons.